The molecule has 0 unspecified atom stereocenters. The van der Waals surface area contributed by atoms with Crippen molar-refractivity contribution in [1.82, 2.24) is 4.31 Å². The molecule has 2 aromatic rings. The first kappa shape index (κ1) is 19.8. The van der Waals surface area contributed by atoms with E-state index in [1.165, 1.54) is 16.4 Å². The minimum Gasteiger partial charge on any atom is -0.379 e. The molecular formula is C19H21ClN2O4S. The summed E-state index contributed by atoms with van der Waals surface area (Å²) in [7, 11) is -3.67. The molecule has 0 aliphatic carbocycles. The number of carbonyl (C=O) groups is 1. The molecule has 8 heteroatoms. The number of rotatable bonds is 4. The maximum atomic E-state index is 12.8. The summed E-state index contributed by atoms with van der Waals surface area (Å²) in [5.74, 6) is -0.364. The van der Waals surface area contributed by atoms with Crippen LogP contribution in [-0.4, -0.2) is 44.9 Å². The maximum absolute atomic E-state index is 12.8. The number of hydrogen-bond acceptors (Lipinski definition) is 4. The lowest BCUT2D eigenvalue weighted by molar-refractivity contribution is 0.0730. The average Bonchev–Trinajstić information content (AvgIpc) is 2.65. The molecule has 0 bridgehead atoms. The van der Waals surface area contributed by atoms with Gasteiger partial charge in [-0.05, 0) is 55.3 Å². The molecule has 0 aromatic heterocycles. The van der Waals surface area contributed by atoms with Gasteiger partial charge >= 0.3 is 0 Å². The topological polar surface area (TPSA) is 75.7 Å². The summed E-state index contributed by atoms with van der Waals surface area (Å²) in [6.07, 6.45) is 0. The Kier molecular flexibility index (Phi) is 5.86. The lowest BCUT2D eigenvalue weighted by Crippen LogP contribution is -2.40. The lowest BCUT2D eigenvalue weighted by atomic mass is 10.1. The van der Waals surface area contributed by atoms with Crippen molar-refractivity contribution >= 4 is 33.2 Å². The average molecular weight is 409 g/mol. The highest BCUT2D eigenvalue weighted by Gasteiger charge is 2.27. The number of amides is 1. The van der Waals surface area contributed by atoms with Gasteiger partial charge < -0.3 is 10.1 Å². The highest BCUT2D eigenvalue weighted by Crippen LogP contribution is 2.23. The number of aryl methyl sites for hydroxylation is 2. The Morgan fingerprint density at radius 2 is 1.78 bits per heavy atom. The number of nitrogens with zero attached hydrogens (tertiary/aromatic N) is 1. The van der Waals surface area contributed by atoms with Crippen LogP contribution in [0.5, 0.6) is 0 Å². The van der Waals surface area contributed by atoms with Crippen LogP contribution in [0.25, 0.3) is 0 Å². The highest BCUT2D eigenvalue weighted by atomic mass is 35.5. The third kappa shape index (κ3) is 4.32. The van der Waals surface area contributed by atoms with Crippen LogP contribution in [0.4, 0.5) is 5.69 Å². The SMILES string of the molecule is Cc1cc(Cl)ccc1NC(=O)c1cc(S(=O)(=O)N2CCOCC2)ccc1C. The van der Waals surface area contributed by atoms with Gasteiger partial charge in [0.05, 0.1) is 18.1 Å². The van der Waals surface area contributed by atoms with E-state index in [0.717, 1.165) is 5.56 Å². The number of hydrogen-bond donors (Lipinski definition) is 1. The summed E-state index contributed by atoms with van der Waals surface area (Å²) >= 11 is 5.95. The van der Waals surface area contributed by atoms with Crippen molar-refractivity contribution in [3.63, 3.8) is 0 Å². The van der Waals surface area contributed by atoms with E-state index >= 15 is 0 Å². The Balaban J connectivity index is 1.89. The van der Waals surface area contributed by atoms with E-state index in [1.807, 2.05) is 6.92 Å². The normalized spacial score (nSPS) is 15.5. The van der Waals surface area contributed by atoms with E-state index in [2.05, 4.69) is 5.32 Å². The van der Waals surface area contributed by atoms with Crippen LogP contribution in [0.3, 0.4) is 0 Å². The summed E-state index contributed by atoms with van der Waals surface area (Å²) < 4.78 is 32.3. The van der Waals surface area contributed by atoms with Crippen LogP contribution in [0.15, 0.2) is 41.3 Å². The van der Waals surface area contributed by atoms with Gasteiger partial charge in [-0.2, -0.15) is 4.31 Å². The molecule has 3 rings (SSSR count). The van der Waals surface area contributed by atoms with E-state index < -0.39 is 10.0 Å². The number of ether oxygens (including phenoxy) is 1. The standard InChI is InChI=1S/C19H21ClN2O4S/c1-13-3-5-16(27(24,25)22-7-9-26-10-8-22)12-17(13)19(23)21-18-6-4-15(20)11-14(18)2/h3-6,11-12H,7-10H2,1-2H3,(H,21,23). The van der Waals surface area contributed by atoms with E-state index in [0.29, 0.717) is 48.1 Å². The molecule has 2 aromatic carbocycles. The summed E-state index contributed by atoms with van der Waals surface area (Å²) in [5.41, 5.74) is 2.47. The first-order valence-corrected chi connectivity index (χ1v) is 10.4. The van der Waals surface area contributed by atoms with Crippen molar-refractivity contribution in [2.45, 2.75) is 18.7 Å². The molecular weight excluding hydrogens is 388 g/mol. The largest absolute Gasteiger partial charge is 0.379 e. The summed E-state index contributed by atoms with van der Waals surface area (Å²) in [4.78, 5) is 12.9. The van der Waals surface area contributed by atoms with Crippen LogP contribution in [0.1, 0.15) is 21.5 Å². The van der Waals surface area contributed by atoms with Crippen LogP contribution in [0.2, 0.25) is 5.02 Å². The number of sulfonamides is 1. The van der Waals surface area contributed by atoms with Crippen LogP contribution in [-0.2, 0) is 14.8 Å². The van der Waals surface area contributed by atoms with Gasteiger partial charge in [-0.3, -0.25) is 4.79 Å². The Bertz CT molecular complexity index is 970. The zero-order valence-corrected chi connectivity index (χ0v) is 16.7. The van der Waals surface area contributed by atoms with Crippen LogP contribution < -0.4 is 5.32 Å². The van der Waals surface area contributed by atoms with E-state index in [4.69, 9.17) is 16.3 Å². The molecule has 27 heavy (non-hydrogen) atoms. The van der Waals surface area contributed by atoms with Gasteiger partial charge in [0.2, 0.25) is 10.0 Å². The molecule has 1 N–H and O–H groups in total. The number of nitrogens with one attached hydrogen (secondary N) is 1. The Morgan fingerprint density at radius 3 is 2.44 bits per heavy atom. The lowest BCUT2D eigenvalue weighted by Gasteiger charge is -2.26. The van der Waals surface area contributed by atoms with Gasteiger partial charge in [-0.1, -0.05) is 17.7 Å². The second-order valence-electron chi connectivity index (χ2n) is 6.41. The van der Waals surface area contributed by atoms with Gasteiger partial charge in [0.1, 0.15) is 0 Å². The molecule has 1 aliphatic heterocycles. The molecule has 6 nitrogen and oxygen atoms in total. The molecule has 144 valence electrons. The third-order valence-corrected chi connectivity index (χ3v) is 6.63. The number of halogens is 1. The highest BCUT2D eigenvalue weighted by molar-refractivity contribution is 7.89. The van der Waals surface area contributed by atoms with Crippen molar-refractivity contribution in [3.05, 3.63) is 58.1 Å². The van der Waals surface area contributed by atoms with Crippen molar-refractivity contribution in [3.8, 4) is 0 Å². The van der Waals surface area contributed by atoms with E-state index in [9.17, 15) is 13.2 Å². The first-order valence-electron chi connectivity index (χ1n) is 8.55. The monoisotopic (exact) mass is 408 g/mol. The van der Waals surface area contributed by atoms with E-state index in [1.54, 1.807) is 31.2 Å². The molecule has 0 saturated carbocycles. The first-order chi connectivity index (χ1) is 12.8. The van der Waals surface area contributed by atoms with Gasteiger partial charge in [0.15, 0.2) is 0 Å². The van der Waals surface area contributed by atoms with Gasteiger partial charge in [-0.25, -0.2) is 8.42 Å². The molecule has 1 aliphatic rings. The smallest absolute Gasteiger partial charge is 0.255 e. The maximum Gasteiger partial charge on any atom is 0.255 e. The van der Waals surface area contributed by atoms with Crippen molar-refractivity contribution in [2.75, 3.05) is 31.6 Å². The van der Waals surface area contributed by atoms with Gasteiger partial charge in [-0.15, -0.1) is 0 Å². The predicted molar refractivity (Wildman–Crippen MR) is 105 cm³/mol. The van der Waals surface area contributed by atoms with Crippen LogP contribution in [0, 0.1) is 13.8 Å². The number of benzene rings is 2. The molecule has 1 amide bonds. The Morgan fingerprint density at radius 1 is 1.07 bits per heavy atom. The Labute approximate surface area is 164 Å². The van der Waals surface area contributed by atoms with Crippen LogP contribution >= 0.6 is 11.6 Å². The molecule has 0 radical (unpaired) electrons. The van der Waals surface area contributed by atoms with Gasteiger partial charge in [0.25, 0.3) is 5.91 Å². The second-order valence-corrected chi connectivity index (χ2v) is 8.78. The molecule has 0 atom stereocenters. The summed E-state index contributed by atoms with van der Waals surface area (Å²) in [6, 6.07) is 9.78. The molecule has 1 heterocycles. The van der Waals surface area contributed by atoms with Crippen molar-refractivity contribution in [2.24, 2.45) is 0 Å². The number of carbonyl (C=O) groups excluding carboxylic acids is 1. The minimum absolute atomic E-state index is 0.105. The zero-order valence-electron chi connectivity index (χ0n) is 15.2. The predicted octanol–water partition coefficient (Wildman–Crippen LogP) is 3.23. The molecule has 0 spiro atoms. The Hall–Kier alpha value is -1.93. The fourth-order valence-corrected chi connectivity index (χ4v) is 4.56. The summed E-state index contributed by atoms with van der Waals surface area (Å²) in [6.45, 7) is 4.97. The third-order valence-electron chi connectivity index (χ3n) is 4.50. The van der Waals surface area contributed by atoms with E-state index in [-0.39, 0.29) is 10.8 Å². The summed E-state index contributed by atoms with van der Waals surface area (Å²) in [5, 5.41) is 3.41. The van der Waals surface area contributed by atoms with Gasteiger partial charge in [0, 0.05) is 29.4 Å². The molecule has 1 saturated heterocycles. The van der Waals surface area contributed by atoms with Crippen molar-refractivity contribution < 1.29 is 17.9 Å². The minimum atomic E-state index is -3.67. The second kappa shape index (κ2) is 7.98. The zero-order chi connectivity index (χ0) is 19.6. The fourth-order valence-electron chi connectivity index (χ4n) is 2.90. The van der Waals surface area contributed by atoms with Crippen molar-refractivity contribution in [1.29, 1.82) is 0 Å². The number of morpholine rings is 1. The number of anilines is 1. The fraction of sp³-hybridized carbons (Fsp3) is 0.316. The molecule has 1 fully saturated rings. The quantitative estimate of drug-likeness (QED) is 0.842.